The summed E-state index contributed by atoms with van der Waals surface area (Å²) in [7, 11) is 0. The Morgan fingerprint density at radius 3 is 2.79 bits per heavy atom. The molecule has 1 aromatic heterocycles. The zero-order chi connectivity index (χ0) is 17.3. The van der Waals surface area contributed by atoms with Crippen LogP contribution in [0, 0.1) is 6.92 Å². The van der Waals surface area contributed by atoms with Gasteiger partial charge in [0.2, 0.25) is 5.91 Å². The van der Waals surface area contributed by atoms with Gasteiger partial charge in [0.05, 0.1) is 17.7 Å². The van der Waals surface area contributed by atoms with Gasteiger partial charge in [-0.2, -0.15) is 0 Å². The van der Waals surface area contributed by atoms with Crippen LogP contribution in [-0.2, 0) is 11.3 Å². The molecule has 124 valence electrons. The molecule has 2 N–H and O–H groups in total. The van der Waals surface area contributed by atoms with Crippen molar-refractivity contribution in [3.8, 4) is 0 Å². The highest BCUT2D eigenvalue weighted by Crippen LogP contribution is 2.42. The summed E-state index contributed by atoms with van der Waals surface area (Å²) >= 11 is 1.55. The molecule has 2 aromatic rings. The van der Waals surface area contributed by atoms with E-state index in [0.29, 0.717) is 23.7 Å². The van der Waals surface area contributed by atoms with Crippen molar-refractivity contribution in [2.24, 2.45) is 5.73 Å². The van der Waals surface area contributed by atoms with Crippen molar-refractivity contribution < 1.29 is 9.59 Å². The number of hydrogen-bond acceptors (Lipinski definition) is 4. The summed E-state index contributed by atoms with van der Waals surface area (Å²) in [6.07, 6.45) is 3.59. The van der Waals surface area contributed by atoms with Crippen molar-refractivity contribution in [1.82, 2.24) is 4.98 Å². The topological polar surface area (TPSA) is 76.3 Å². The summed E-state index contributed by atoms with van der Waals surface area (Å²) in [5.74, 6) is -0.209. The maximum Gasteiger partial charge on any atom is 0.250 e. The zero-order valence-electron chi connectivity index (χ0n) is 13.5. The minimum Gasteiger partial charge on any atom is -0.366 e. The standard InChI is InChI=1S/C18H19N3O2S/c1-3-16(22)21(9-15-17(12-4-5-12)20-10-24-15)14-7-11(2)6-13(8-14)18(19)23/h3,6-8,10,12H,1,4-5,9H2,2H3,(H2,19,23). The SMILES string of the molecule is C=CC(=O)N(Cc1scnc1C1CC1)c1cc(C)cc(C(N)=O)c1. The smallest absolute Gasteiger partial charge is 0.250 e. The Hall–Kier alpha value is -2.47. The lowest BCUT2D eigenvalue weighted by molar-refractivity contribution is -0.114. The lowest BCUT2D eigenvalue weighted by atomic mass is 10.1. The number of nitrogens with two attached hydrogens (primary N) is 1. The molecule has 0 spiro atoms. The van der Waals surface area contributed by atoms with E-state index in [1.807, 2.05) is 18.5 Å². The maximum atomic E-state index is 12.4. The van der Waals surface area contributed by atoms with E-state index >= 15 is 0 Å². The van der Waals surface area contributed by atoms with E-state index in [2.05, 4.69) is 11.6 Å². The summed E-state index contributed by atoms with van der Waals surface area (Å²) in [5, 5.41) is 0. The van der Waals surface area contributed by atoms with Crippen LogP contribution in [0.1, 0.15) is 45.3 Å². The molecular formula is C18H19N3O2S. The normalized spacial score (nSPS) is 13.5. The molecule has 3 rings (SSSR count). The molecule has 1 fully saturated rings. The van der Waals surface area contributed by atoms with E-state index in [1.54, 1.807) is 28.4 Å². The summed E-state index contributed by atoms with van der Waals surface area (Å²) in [5.41, 5.74) is 10.2. The highest BCUT2D eigenvalue weighted by atomic mass is 32.1. The number of hydrogen-bond donors (Lipinski definition) is 1. The maximum absolute atomic E-state index is 12.4. The van der Waals surface area contributed by atoms with Crippen LogP contribution in [-0.4, -0.2) is 16.8 Å². The van der Waals surface area contributed by atoms with E-state index in [1.165, 1.54) is 6.08 Å². The third-order valence-corrected chi connectivity index (χ3v) is 4.87. The molecular weight excluding hydrogens is 322 g/mol. The third-order valence-electron chi connectivity index (χ3n) is 4.04. The van der Waals surface area contributed by atoms with E-state index in [0.717, 1.165) is 29.0 Å². The number of rotatable bonds is 6. The van der Waals surface area contributed by atoms with Crippen LogP contribution in [0.5, 0.6) is 0 Å². The number of benzene rings is 1. The van der Waals surface area contributed by atoms with Crippen LogP contribution in [0.2, 0.25) is 0 Å². The average Bonchev–Trinajstić information content (AvgIpc) is 3.30. The molecule has 6 heteroatoms. The predicted molar refractivity (Wildman–Crippen MR) is 95.2 cm³/mol. The second-order valence-electron chi connectivity index (χ2n) is 5.99. The molecule has 1 heterocycles. The number of nitrogens with zero attached hydrogens (tertiary/aromatic N) is 2. The van der Waals surface area contributed by atoms with Gasteiger partial charge in [-0.15, -0.1) is 11.3 Å². The van der Waals surface area contributed by atoms with Gasteiger partial charge in [-0.3, -0.25) is 9.59 Å². The molecule has 0 saturated heterocycles. The van der Waals surface area contributed by atoms with Gasteiger partial charge in [-0.1, -0.05) is 6.58 Å². The van der Waals surface area contributed by atoms with E-state index in [9.17, 15) is 9.59 Å². The highest BCUT2D eigenvalue weighted by molar-refractivity contribution is 7.09. The quantitative estimate of drug-likeness (QED) is 0.820. The fourth-order valence-electron chi connectivity index (χ4n) is 2.70. The number of carbonyl (C=O) groups is 2. The molecule has 0 bridgehead atoms. The van der Waals surface area contributed by atoms with Gasteiger partial charge >= 0.3 is 0 Å². The molecule has 0 atom stereocenters. The molecule has 0 aliphatic heterocycles. The van der Waals surface area contributed by atoms with Gasteiger partial charge in [0, 0.05) is 22.0 Å². The van der Waals surface area contributed by atoms with E-state index in [-0.39, 0.29) is 5.91 Å². The number of primary amides is 1. The Bertz CT molecular complexity index is 808. The predicted octanol–water partition coefficient (Wildman–Crippen LogP) is 3.15. The molecule has 5 nitrogen and oxygen atoms in total. The van der Waals surface area contributed by atoms with Crippen molar-refractivity contribution in [2.75, 3.05) is 4.90 Å². The highest BCUT2D eigenvalue weighted by Gasteiger charge is 2.29. The number of aryl methyl sites for hydroxylation is 1. The molecule has 1 aliphatic carbocycles. The Morgan fingerprint density at radius 1 is 1.42 bits per heavy atom. The fourth-order valence-corrected chi connectivity index (χ4v) is 3.54. The molecule has 1 aromatic carbocycles. The van der Waals surface area contributed by atoms with Crippen molar-refractivity contribution in [1.29, 1.82) is 0 Å². The third kappa shape index (κ3) is 3.38. The van der Waals surface area contributed by atoms with E-state index in [4.69, 9.17) is 5.73 Å². The van der Waals surface area contributed by atoms with Gasteiger partial charge < -0.3 is 10.6 Å². The Labute approximate surface area is 144 Å². The van der Waals surface area contributed by atoms with Crippen molar-refractivity contribution in [3.05, 3.63) is 58.1 Å². The fraction of sp³-hybridized carbons (Fsp3) is 0.278. The number of thiazole rings is 1. The zero-order valence-corrected chi connectivity index (χ0v) is 14.3. The van der Waals surface area contributed by atoms with E-state index < -0.39 is 5.91 Å². The number of carbonyl (C=O) groups excluding carboxylic acids is 2. The second-order valence-corrected chi connectivity index (χ2v) is 6.92. The summed E-state index contributed by atoms with van der Waals surface area (Å²) in [6.45, 7) is 5.88. The largest absolute Gasteiger partial charge is 0.366 e. The first-order valence-electron chi connectivity index (χ1n) is 7.77. The first-order valence-corrected chi connectivity index (χ1v) is 8.65. The molecule has 2 amide bonds. The summed E-state index contributed by atoms with van der Waals surface area (Å²) in [4.78, 5) is 31.1. The van der Waals surface area contributed by atoms with Gasteiger partial charge in [0.1, 0.15) is 0 Å². The minimum atomic E-state index is -0.512. The number of aromatic nitrogens is 1. The number of amides is 2. The average molecular weight is 341 g/mol. The van der Waals surface area contributed by atoms with Gasteiger partial charge in [0.15, 0.2) is 0 Å². The van der Waals surface area contributed by atoms with Crippen LogP contribution in [0.3, 0.4) is 0 Å². The van der Waals surface area contributed by atoms with Crippen LogP contribution >= 0.6 is 11.3 Å². The summed E-state index contributed by atoms with van der Waals surface area (Å²) < 4.78 is 0. The van der Waals surface area contributed by atoms with Gasteiger partial charge in [0.25, 0.3) is 5.91 Å². The second kappa shape index (κ2) is 6.57. The monoisotopic (exact) mass is 341 g/mol. The lowest BCUT2D eigenvalue weighted by Crippen LogP contribution is -2.29. The Morgan fingerprint density at radius 2 is 2.17 bits per heavy atom. The van der Waals surface area contributed by atoms with Crippen LogP contribution < -0.4 is 10.6 Å². The lowest BCUT2D eigenvalue weighted by Gasteiger charge is -2.22. The van der Waals surface area contributed by atoms with Gasteiger partial charge in [-0.25, -0.2) is 4.98 Å². The minimum absolute atomic E-state index is 0.217. The van der Waals surface area contributed by atoms with Crippen molar-refractivity contribution in [3.63, 3.8) is 0 Å². The van der Waals surface area contributed by atoms with Crippen molar-refractivity contribution >= 4 is 28.8 Å². The van der Waals surface area contributed by atoms with Crippen LogP contribution in [0.4, 0.5) is 5.69 Å². The first kappa shape index (κ1) is 16.4. The summed E-state index contributed by atoms with van der Waals surface area (Å²) in [6, 6.07) is 5.23. The molecule has 1 saturated carbocycles. The molecule has 0 unspecified atom stereocenters. The first-order chi connectivity index (χ1) is 11.5. The van der Waals surface area contributed by atoms with Crippen LogP contribution in [0.25, 0.3) is 0 Å². The van der Waals surface area contributed by atoms with Crippen molar-refractivity contribution in [2.45, 2.75) is 32.2 Å². The molecule has 1 aliphatic rings. The molecule has 24 heavy (non-hydrogen) atoms. The van der Waals surface area contributed by atoms with Crippen LogP contribution in [0.15, 0.2) is 36.4 Å². The molecule has 0 radical (unpaired) electrons. The number of anilines is 1. The Kier molecular flexibility index (Phi) is 4.49. The van der Waals surface area contributed by atoms with Gasteiger partial charge in [-0.05, 0) is 49.6 Å². The Balaban J connectivity index is 1.97.